The van der Waals surface area contributed by atoms with Crippen LogP contribution in [0.25, 0.3) is 0 Å². The quantitative estimate of drug-likeness (QED) is 0.589. The van der Waals surface area contributed by atoms with E-state index >= 15 is 0 Å². The number of hydrogen-bond donors (Lipinski definition) is 1. The number of rotatable bonds is 9. The van der Waals surface area contributed by atoms with Gasteiger partial charge in [-0.1, -0.05) is 30.3 Å². The van der Waals surface area contributed by atoms with Gasteiger partial charge < -0.3 is 19.5 Å². The van der Waals surface area contributed by atoms with Crippen molar-refractivity contribution in [1.82, 2.24) is 15.1 Å². The predicted octanol–water partition coefficient (Wildman–Crippen LogP) is 4.18. The highest BCUT2D eigenvalue weighted by atomic mass is 16.5. The molecule has 6 heteroatoms. The van der Waals surface area contributed by atoms with E-state index in [9.17, 15) is 0 Å². The van der Waals surface area contributed by atoms with E-state index in [0.29, 0.717) is 30.4 Å². The molecule has 154 valence electrons. The maximum absolute atomic E-state index is 6.02. The normalized spacial score (nSPS) is 11.9. The van der Waals surface area contributed by atoms with E-state index in [-0.39, 0.29) is 6.04 Å². The van der Waals surface area contributed by atoms with Gasteiger partial charge in [0.25, 0.3) is 0 Å². The molecule has 0 fully saturated rings. The van der Waals surface area contributed by atoms with E-state index in [1.165, 1.54) is 5.56 Å². The Morgan fingerprint density at radius 1 is 1.03 bits per heavy atom. The summed E-state index contributed by atoms with van der Waals surface area (Å²) in [6.07, 6.45) is 2.05. The van der Waals surface area contributed by atoms with Crippen LogP contribution in [0.15, 0.2) is 48.7 Å². The van der Waals surface area contributed by atoms with Gasteiger partial charge in [-0.2, -0.15) is 5.10 Å². The van der Waals surface area contributed by atoms with Crippen molar-refractivity contribution in [1.29, 1.82) is 0 Å². The van der Waals surface area contributed by atoms with E-state index in [1.807, 2.05) is 61.1 Å². The molecule has 3 rings (SSSR count). The first-order valence-corrected chi connectivity index (χ1v) is 9.67. The number of hydrogen-bond acceptors (Lipinski definition) is 5. The molecule has 1 aromatic heterocycles. The van der Waals surface area contributed by atoms with Crippen molar-refractivity contribution in [3.8, 4) is 17.2 Å². The van der Waals surface area contributed by atoms with Crippen LogP contribution < -0.4 is 19.5 Å². The van der Waals surface area contributed by atoms with Crippen LogP contribution in [0.4, 0.5) is 0 Å². The Kier molecular flexibility index (Phi) is 6.77. The third-order valence-corrected chi connectivity index (χ3v) is 4.88. The van der Waals surface area contributed by atoms with Crippen molar-refractivity contribution < 1.29 is 14.2 Å². The summed E-state index contributed by atoms with van der Waals surface area (Å²) in [5.74, 6) is 1.92. The molecule has 0 bridgehead atoms. The van der Waals surface area contributed by atoms with Gasteiger partial charge >= 0.3 is 0 Å². The van der Waals surface area contributed by atoms with Gasteiger partial charge in [0.2, 0.25) is 5.75 Å². The third kappa shape index (κ3) is 5.09. The zero-order valence-electron chi connectivity index (χ0n) is 17.7. The molecule has 29 heavy (non-hydrogen) atoms. The van der Waals surface area contributed by atoms with Crippen LogP contribution in [0, 0.1) is 6.92 Å². The molecule has 1 heterocycles. The van der Waals surface area contributed by atoms with Crippen LogP contribution in [0.2, 0.25) is 0 Å². The topological polar surface area (TPSA) is 57.5 Å². The Balaban J connectivity index is 1.73. The van der Waals surface area contributed by atoms with Crippen molar-refractivity contribution >= 4 is 0 Å². The SMILES string of the molecule is COc1cc(CNC(C)c2cn(C)nc2C)cc(OC)c1OCc1ccccc1. The van der Waals surface area contributed by atoms with Gasteiger partial charge in [0.05, 0.1) is 19.9 Å². The molecule has 6 nitrogen and oxygen atoms in total. The monoisotopic (exact) mass is 395 g/mol. The van der Waals surface area contributed by atoms with Crippen molar-refractivity contribution in [3.05, 3.63) is 71.0 Å². The molecular formula is C23H29N3O3. The number of nitrogens with one attached hydrogen (secondary N) is 1. The standard InChI is InChI=1S/C23H29N3O3/c1-16(20-14-26(3)25-17(20)2)24-13-19-11-21(27-4)23(22(12-19)28-5)29-15-18-9-7-6-8-10-18/h6-12,14,16,24H,13,15H2,1-5H3. The molecule has 1 atom stereocenters. The van der Waals surface area contributed by atoms with Crippen LogP contribution >= 0.6 is 0 Å². The summed E-state index contributed by atoms with van der Waals surface area (Å²) in [6.45, 7) is 5.28. The Labute approximate surface area is 172 Å². The number of benzene rings is 2. The van der Waals surface area contributed by atoms with Crippen LogP contribution in [0.5, 0.6) is 17.2 Å². The summed E-state index contributed by atoms with van der Waals surface area (Å²) >= 11 is 0. The Hall–Kier alpha value is -2.99. The summed E-state index contributed by atoms with van der Waals surface area (Å²) in [6, 6.07) is 14.2. The number of aromatic nitrogens is 2. The second-order valence-electron chi connectivity index (χ2n) is 7.05. The molecule has 0 aliphatic carbocycles. The molecule has 2 aromatic carbocycles. The maximum atomic E-state index is 6.02. The molecule has 0 aliphatic rings. The van der Waals surface area contributed by atoms with Crippen LogP contribution in [0.1, 0.15) is 35.3 Å². The van der Waals surface area contributed by atoms with Gasteiger partial charge in [0.15, 0.2) is 11.5 Å². The molecule has 0 spiro atoms. The summed E-state index contributed by atoms with van der Waals surface area (Å²) in [5.41, 5.74) is 4.36. The van der Waals surface area contributed by atoms with Crippen molar-refractivity contribution in [2.45, 2.75) is 33.0 Å². The molecule has 0 aliphatic heterocycles. The fourth-order valence-corrected chi connectivity index (χ4v) is 3.33. The number of nitrogens with zero attached hydrogens (tertiary/aromatic N) is 2. The molecule has 0 saturated heterocycles. The first-order chi connectivity index (χ1) is 14.0. The van der Waals surface area contributed by atoms with E-state index in [4.69, 9.17) is 14.2 Å². The van der Waals surface area contributed by atoms with Gasteiger partial charge in [-0.3, -0.25) is 4.68 Å². The number of ether oxygens (including phenoxy) is 3. The Bertz CT molecular complexity index is 913. The molecule has 1 N–H and O–H groups in total. The largest absolute Gasteiger partial charge is 0.493 e. The lowest BCUT2D eigenvalue weighted by Crippen LogP contribution is -2.18. The molecule has 0 amide bonds. The zero-order valence-corrected chi connectivity index (χ0v) is 17.7. The summed E-state index contributed by atoms with van der Waals surface area (Å²) in [4.78, 5) is 0. The lowest BCUT2D eigenvalue weighted by Gasteiger charge is -2.18. The first kappa shape index (κ1) is 20.7. The maximum Gasteiger partial charge on any atom is 0.203 e. The smallest absolute Gasteiger partial charge is 0.203 e. The number of aryl methyl sites for hydroxylation is 2. The average Bonchev–Trinajstić information content (AvgIpc) is 3.08. The molecule has 3 aromatic rings. The zero-order chi connectivity index (χ0) is 20.8. The van der Waals surface area contributed by atoms with E-state index in [0.717, 1.165) is 16.8 Å². The minimum Gasteiger partial charge on any atom is -0.493 e. The van der Waals surface area contributed by atoms with E-state index in [1.54, 1.807) is 14.2 Å². The lowest BCUT2D eigenvalue weighted by molar-refractivity contribution is 0.265. The van der Waals surface area contributed by atoms with Crippen LogP contribution in [-0.4, -0.2) is 24.0 Å². The van der Waals surface area contributed by atoms with E-state index in [2.05, 4.69) is 23.5 Å². The molecule has 0 saturated carbocycles. The average molecular weight is 396 g/mol. The van der Waals surface area contributed by atoms with Gasteiger partial charge in [0.1, 0.15) is 6.61 Å². The predicted molar refractivity (Wildman–Crippen MR) is 114 cm³/mol. The summed E-state index contributed by atoms with van der Waals surface area (Å²) in [7, 11) is 5.22. The first-order valence-electron chi connectivity index (χ1n) is 9.67. The molecule has 0 radical (unpaired) electrons. The third-order valence-electron chi connectivity index (χ3n) is 4.88. The minimum absolute atomic E-state index is 0.176. The molecular weight excluding hydrogens is 366 g/mol. The summed E-state index contributed by atoms with van der Waals surface area (Å²) in [5, 5.41) is 7.96. The van der Waals surface area contributed by atoms with Crippen molar-refractivity contribution in [2.24, 2.45) is 7.05 Å². The van der Waals surface area contributed by atoms with Gasteiger partial charge in [-0.25, -0.2) is 0 Å². The van der Waals surface area contributed by atoms with E-state index < -0.39 is 0 Å². The highest BCUT2D eigenvalue weighted by Crippen LogP contribution is 2.39. The van der Waals surface area contributed by atoms with Crippen LogP contribution in [-0.2, 0) is 20.2 Å². The highest BCUT2D eigenvalue weighted by molar-refractivity contribution is 5.54. The van der Waals surface area contributed by atoms with Crippen molar-refractivity contribution in [2.75, 3.05) is 14.2 Å². The van der Waals surface area contributed by atoms with Crippen LogP contribution in [0.3, 0.4) is 0 Å². The summed E-state index contributed by atoms with van der Waals surface area (Å²) < 4.78 is 19.0. The lowest BCUT2D eigenvalue weighted by atomic mass is 10.1. The van der Waals surface area contributed by atoms with Crippen molar-refractivity contribution in [3.63, 3.8) is 0 Å². The Morgan fingerprint density at radius 2 is 1.69 bits per heavy atom. The fourth-order valence-electron chi connectivity index (χ4n) is 3.33. The molecule has 1 unspecified atom stereocenters. The second-order valence-corrected chi connectivity index (χ2v) is 7.05. The van der Waals surface area contributed by atoms with Gasteiger partial charge in [0, 0.05) is 31.4 Å². The second kappa shape index (κ2) is 9.47. The number of methoxy groups -OCH3 is 2. The van der Waals surface area contributed by atoms with Gasteiger partial charge in [-0.15, -0.1) is 0 Å². The Morgan fingerprint density at radius 3 is 2.24 bits per heavy atom. The minimum atomic E-state index is 0.176. The fraction of sp³-hybridized carbons (Fsp3) is 0.348. The van der Waals surface area contributed by atoms with Gasteiger partial charge in [-0.05, 0) is 37.1 Å². The highest BCUT2D eigenvalue weighted by Gasteiger charge is 2.16.